The summed E-state index contributed by atoms with van der Waals surface area (Å²) in [6.07, 6.45) is 5.14. The number of aromatic nitrogens is 1. The molecule has 1 heterocycles. The normalized spacial score (nSPS) is 25.0. The molecule has 14 heavy (non-hydrogen) atoms. The van der Waals surface area contributed by atoms with Gasteiger partial charge in [-0.2, -0.15) is 0 Å². The van der Waals surface area contributed by atoms with E-state index in [1.54, 1.807) is 0 Å². The van der Waals surface area contributed by atoms with Crippen molar-refractivity contribution in [3.05, 3.63) is 28.5 Å². The number of hydrogen-bond acceptors (Lipinski definition) is 2. The van der Waals surface area contributed by atoms with Crippen molar-refractivity contribution >= 4 is 15.9 Å². The predicted octanol–water partition coefficient (Wildman–Crippen LogP) is 2.56. The van der Waals surface area contributed by atoms with Crippen molar-refractivity contribution < 1.29 is 0 Å². The zero-order chi connectivity index (χ0) is 9.97. The predicted molar refractivity (Wildman–Crippen MR) is 61.3 cm³/mol. The zero-order valence-corrected chi connectivity index (χ0v) is 9.92. The van der Waals surface area contributed by atoms with E-state index in [0.29, 0.717) is 0 Å². The molecule has 0 radical (unpaired) electrons. The molecule has 1 aromatic heterocycles. The highest BCUT2D eigenvalue weighted by Gasteiger charge is 2.37. The quantitative estimate of drug-likeness (QED) is 0.894. The molecule has 1 saturated carbocycles. The summed E-state index contributed by atoms with van der Waals surface area (Å²) in [7, 11) is 0. The van der Waals surface area contributed by atoms with Gasteiger partial charge in [-0.15, -0.1) is 0 Å². The van der Waals surface area contributed by atoms with Crippen LogP contribution in [0.15, 0.2) is 22.9 Å². The fraction of sp³-hybridized carbons (Fsp3) is 0.545. The Balaban J connectivity index is 1.92. The minimum Gasteiger partial charge on any atom is -0.317 e. The average Bonchev–Trinajstić information content (AvgIpc) is 2.94. The van der Waals surface area contributed by atoms with Gasteiger partial charge >= 0.3 is 0 Å². The minimum atomic E-state index is 0.735. The first-order valence-electron chi connectivity index (χ1n) is 5.12. The van der Waals surface area contributed by atoms with Crippen LogP contribution in [0.3, 0.4) is 0 Å². The summed E-state index contributed by atoms with van der Waals surface area (Å²) in [4.78, 5) is 4.19. The lowest BCUT2D eigenvalue weighted by Crippen LogP contribution is -2.16. The van der Waals surface area contributed by atoms with Crippen molar-refractivity contribution in [2.45, 2.75) is 19.3 Å². The van der Waals surface area contributed by atoms with Crippen molar-refractivity contribution in [2.24, 2.45) is 5.92 Å². The number of halogens is 1. The second-order valence-corrected chi connectivity index (χ2v) is 4.76. The van der Waals surface area contributed by atoms with E-state index in [1.165, 1.54) is 12.0 Å². The number of pyridine rings is 1. The molecule has 76 valence electrons. The first-order chi connectivity index (χ1) is 6.81. The van der Waals surface area contributed by atoms with Crippen LogP contribution in [-0.2, 0) is 0 Å². The highest BCUT2D eigenvalue weighted by atomic mass is 79.9. The molecule has 2 atom stereocenters. The van der Waals surface area contributed by atoms with Crippen LogP contribution in [0, 0.1) is 5.92 Å². The Labute approximate surface area is 93.3 Å². The Bertz CT molecular complexity index is 314. The van der Waals surface area contributed by atoms with Crippen molar-refractivity contribution in [1.82, 2.24) is 10.3 Å². The standard InChI is InChI=1S/C11H15BrN2/c1-2-13-5-9-4-11(9)8-3-10(12)7-14-6-8/h3,6-7,9,11,13H,2,4-5H2,1H3. The third-order valence-corrected chi connectivity index (χ3v) is 3.17. The van der Waals surface area contributed by atoms with Gasteiger partial charge in [-0.05, 0) is 58.9 Å². The molecule has 0 aromatic carbocycles. The topological polar surface area (TPSA) is 24.9 Å². The summed E-state index contributed by atoms with van der Waals surface area (Å²) in [6, 6.07) is 2.18. The molecule has 0 saturated heterocycles. The van der Waals surface area contributed by atoms with Crippen molar-refractivity contribution in [3.8, 4) is 0 Å². The van der Waals surface area contributed by atoms with Gasteiger partial charge in [0.1, 0.15) is 0 Å². The third kappa shape index (κ3) is 2.34. The van der Waals surface area contributed by atoms with E-state index < -0.39 is 0 Å². The summed E-state index contributed by atoms with van der Waals surface area (Å²) < 4.78 is 1.09. The molecule has 1 aliphatic carbocycles. The van der Waals surface area contributed by atoms with E-state index >= 15 is 0 Å². The second kappa shape index (κ2) is 4.41. The summed E-state index contributed by atoms with van der Waals surface area (Å²) >= 11 is 3.45. The Hall–Kier alpha value is -0.410. The van der Waals surface area contributed by atoms with Crippen LogP contribution in [-0.4, -0.2) is 18.1 Å². The molecule has 2 rings (SSSR count). The van der Waals surface area contributed by atoms with Gasteiger partial charge in [-0.25, -0.2) is 0 Å². The fourth-order valence-corrected chi connectivity index (χ4v) is 2.22. The van der Waals surface area contributed by atoms with Gasteiger partial charge in [0.25, 0.3) is 0 Å². The largest absolute Gasteiger partial charge is 0.317 e. The maximum Gasteiger partial charge on any atom is 0.0410 e. The zero-order valence-electron chi connectivity index (χ0n) is 8.33. The van der Waals surface area contributed by atoms with Gasteiger partial charge in [0.05, 0.1) is 0 Å². The molecule has 1 N–H and O–H groups in total. The van der Waals surface area contributed by atoms with Crippen LogP contribution < -0.4 is 5.32 Å². The first-order valence-corrected chi connectivity index (χ1v) is 5.91. The van der Waals surface area contributed by atoms with E-state index in [9.17, 15) is 0 Å². The van der Waals surface area contributed by atoms with Crippen LogP contribution in [0.1, 0.15) is 24.8 Å². The lowest BCUT2D eigenvalue weighted by atomic mass is 10.1. The number of nitrogens with zero attached hydrogens (tertiary/aromatic N) is 1. The first kappa shape index (κ1) is 10.1. The minimum absolute atomic E-state index is 0.735. The number of nitrogens with one attached hydrogen (secondary N) is 1. The van der Waals surface area contributed by atoms with Gasteiger partial charge in [-0.1, -0.05) is 6.92 Å². The van der Waals surface area contributed by atoms with E-state index in [4.69, 9.17) is 0 Å². The molecular formula is C11H15BrN2. The number of hydrogen-bond donors (Lipinski definition) is 1. The molecule has 1 aromatic rings. The van der Waals surface area contributed by atoms with E-state index in [-0.39, 0.29) is 0 Å². The maximum absolute atomic E-state index is 4.19. The van der Waals surface area contributed by atoms with Gasteiger partial charge in [0.15, 0.2) is 0 Å². The van der Waals surface area contributed by atoms with Gasteiger partial charge in [0, 0.05) is 16.9 Å². The molecule has 2 unspecified atom stereocenters. The van der Waals surface area contributed by atoms with Gasteiger partial charge in [-0.3, -0.25) is 4.98 Å². The molecule has 0 bridgehead atoms. The van der Waals surface area contributed by atoms with E-state index in [2.05, 4.69) is 39.2 Å². The van der Waals surface area contributed by atoms with Crippen LogP contribution >= 0.6 is 15.9 Å². The van der Waals surface area contributed by atoms with E-state index in [1.807, 2.05) is 12.4 Å². The molecule has 1 fully saturated rings. The molecule has 0 spiro atoms. The number of rotatable bonds is 4. The monoisotopic (exact) mass is 254 g/mol. The summed E-state index contributed by atoms with van der Waals surface area (Å²) in [6.45, 7) is 4.37. The molecular weight excluding hydrogens is 240 g/mol. The van der Waals surface area contributed by atoms with Gasteiger partial charge < -0.3 is 5.32 Å². The smallest absolute Gasteiger partial charge is 0.0410 e. The Morgan fingerprint density at radius 2 is 2.43 bits per heavy atom. The van der Waals surface area contributed by atoms with Gasteiger partial charge in [0.2, 0.25) is 0 Å². The van der Waals surface area contributed by atoms with Crippen LogP contribution in [0.5, 0.6) is 0 Å². The molecule has 1 aliphatic rings. The van der Waals surface area contributed by atoms with Crippen molar-refractivity contribution in [2.75, 3.05) is 13.1 Å². The lowest BCUT2D eigenvalue weighted by molar-refractivity contribution is 0.649. The molecule has 2 nitrogen and oxygen atoms in total. The fourth-order valence-electron chi connectivity index (χ4n) is 1.84. The average molecular weight is 255 g/mol. The second-order valence-electron chi connectivity index (χ2n) is 3.85. The highest BCUT2D eigenvalue weighted by Crippen LogP contribution is 2.47. The molecule has 0 aliphatic heterocycles. The summed E-state index contributed by atoms with van der Waals surface area (Å²) in [5.74, 6) is 1.56. The molecule has 0 amide bonds. The summed E-state index contributed by atoms with van der Waals surface area (Å²) in [5, 5.41) is 3.39. The summed E-state index contributed by atoms with van der Waals surface area (Å²) in [5.41, 5.74) is 1.38. The van der Waals surface area contributed by atoms with E-state index in [0.717, 1.165) is 29.4 Å². The van der Waals surface area contributed by atoms with Crippen LogP contribution in [0.2, 0.25) is 0 Å². The molecule has 3 heteroatoms. The maximum atomic E-state index is 4.19. The van der Waals surface area contributed by atoms with Crippen molar-refractivity contribution in [1.29, 1.82) is 0 Å². The SMILES string of the molecule is CCNCC1CC1c1cncc(Br)c1. The Kier molecular flexibility index (Phi) is 3.19. The Morgan fingerprint density at radius 1 is 1.57 bits per heavy atom. The van der Waals surface area contributed by atoms with Crippen molar-refractivity contribution in [3.63, 3.8) is 0 Å². The Morgan fingerprint density at radius 3 is 3.14 bits per heavy atom. The third-order valence-electron chi connectivity index (χ3n) is 2.73. The van der Waals surface area contributed by atoms with Crippen LogP contribution in [0.25, 0.3) is 0 Å². The van der Waals surface area contributed by atoms with Crippen LogP contribution in [0.4, 0.5) is 0 Å². The lowest BCUT2D eigenvalue weighted by Gasteiger charge is -2.01. The highest BCUT2D eigenvalue weighted by molar-refractivity contribution is 9.10.